The lowest BCUT2D eigenvalue weighted by molar-refractivity contribution is 0.478. The highest BCUT2D eigenvalue weighted by molar-refractivity contribution is 6.31. The Morgan fingerprint density at radius 1 is 1.19 bits per heavy atom. The molecule has 0 radical (unpaired) electrons. The SMILES string of the molecule is Cc1ccc(N)c2ccnc(Nc3cc(Cl)ccc3O)c12. The maximum Gasteiger partial charge on any atom is 0.139 e. The van der Waals surface area contributed by atoms with Crippen molar-refractivity contribution in [1.82, 2.24) is 4.98 Å². The molecule has 106 valence electrons. The number of pyridine rings is 1. The summed E-state index contributed by atoms with van der Waals surface area (Å²) in [4.78, 5) is 4.35. The molecule has 0 spiro atoms. The molecule has 21 heavy (non-hydrogen) atoms. The Morgan fingerprint density at radius 3 is 2.81 bits per heavy atom. The number of benzene rings is 2. The van der Waals surface area contributed by atoms with Crippen LogP contribution in [0.15, 0.2) is 42.6 Å². The zero-order valence-electron chi connectivity index (χ0n) is 11.4. The van der Waals surface area contributed by atoms with Crippen molar-refractivity contribution in [3.8, 4) is 5.75 Å². The minimum Gasteiger partial charge on any atom is -0.506 e. The number of hydrogen-bond donors (Lipinski definition) is 3. The van der Waals surface area contributed by atoms with E-state index < -0.39 is 0 Å². The Balaban J connectivity index is 2.17. The number of phenols is 1. The third kappa shape index (κ3) is 2.45. The predicted molar refractivity (Wildman–Crippen MR) is 87.3 cm³/mol. The summed E-state index contributed by atoms with van der Waals surface area (Å²) in [6.45, 7) is 1.99. The summed E-state index contributed by atoms with van der Waals surface area (Å²) in [6.07, 6.45) is 1.68. The Labute approximate surface area is 127 Å². The number of aromatic nitrogens is 1. The molecule has 0 saturated heterocycles. The minimum atomic E-state index is 0.111. The molecule has 0 aliphatic heterocycles. The first kappa shape index (κ1) is 13.5. The highest BCUT2D eigenvalue weighted by atomic mass is 35.5. The molecule has 0 amide bonds. The molecule has 0 unspecified atom stereocenters. The highest BCUT2D eigenvalue weighted by Crippen LogP contribution is 2.34. The second-order valence-electron chi connectivity index (χ2n) is 4.84. The lowest BCUT2D eigenvalue weighted by Gasteiger charge is -2.13. The monoisotopic (exact) mass is 299 g/mol. The third-order valence-electron chi connectivity index (χ3n) is 3.38. The molecule has 0 saturated carbocycles. The number of nitrogens with zero attached hydrogens (tertiary/aromatic N) is 1. The van der Waals surface area contributed by atoms with Crippen LogP contribution in [-0.2, 0) is 0 Å². The summed E-state index contributed by atoms with van der Waals surface area (Å²) in [5, 5.41) is 15.4. The fourth-order valence-corrected chi connectivity index (χ4v) is 2.49. The van der Waals surface area contributed by atoms with Gasteiger partial charge in [0, 0.05) is 27.7 Å². The van der Waals surface area contributed by atoms with Gasteiger partial charge in [0.1, 0.15) is 11.6 Å². The van der Waals surface area contributed by atoms with Crippen LogP contribution in [-0.4, -0.2) is 10.1 Å². The summed E-state index contributed by atoms with van der Waals surface area (Å²) in [6, 6.07) is 10.5. The number of aryl methyl sites for hydroxylation is 1. The van der Waals surface area contributed by atoms with Gasteiger partial charge < -0.3 is 16.2 Å². The average molecular weight is 300 g/mol. The average Bonchev–Trinajstić information content (AvgIpc) is 2.47. The molecule has 3 rings (SSSR count). The third-order valence-corrected chi connectivity index (χ3v) is 3.62. The number of nitrogens with two attached hydrogens (primary N) is 1. The van der Waals surface area contributed by atoms with E-state index in [1.54, 1.807) is 18.3 Å². The molecule has 0 bridgehead atoms. The van der Waals surface area contributed by atoms with Crippen LogP contribution in [0.3, 0.4) is 0 Å². The van der Waals surface area contributed by atoms with E-state index in [4.69, 9.17) is 17.3 Å². The van der Waals surface area contributed by atoms with Crippen LogP contribution in [0.5, 0.6) is 5.75 Å². The first-order valence-corrected chi connectivity index (χ1v) is 6.83. The number of halogens is 1. The second-order valence-corrected chi connectivity index (χ2v) is 5.28. The Morgan fingerprint density at radius 2 is 2.00 bits per heavy atom. The van der Waals surface area contributed by atoms with Crippen LogP contribution in [0.4, 0.5) is 17.2 Å². The van der Waals surface area contributed by atoms with E-state index in [0.717, 1.165) is 16.3 Å². The molecule has 0 atom stereocenters. The normalized spacial score (nSPS) is 10.8. The number of hydrogen-bond acceptors (Lipinski definition) is 4. The maximum absolute atomic E-state index is 9.92. The molecular weight excluding hydrogens is 286 g/mol. The lowest BCUT2D eigenvalue weighted by Crippen LogP contribution is -1.98. The number of anilines is 3. The molecule has 3 aromatic rings. The quantitative estimate of drug-likeness (QED) is 0.489. The van der Waals surface area contributed by atoms with Gasteiger partial charge in [-0.25, -0.2) is 4.98 Å². The summed E-state index contributed by atoms with van der Waals surface area (Å²) in [5.41, 5.74) is 8.26. The van der Waals surface area contributed by atoms with Crippen molar-refractivity contribution >= 4 is 39.6 Å². The zero-order chi connectivity index (χ0) is 15.0. The van der Waals surface area contributed by atoms with Crippen LogP contribution in [0.25, 0.3) is 10.8 Å². The topological polar surface area (TPSA) is 71.2 Å². The summed E-state index contributed by atoms with van der Waals surface area (Å²) in [5.74, 6) is 0.745. The van der Waals surface area contributed by atoms with Gasteiger partial charge in [0.15, 0.2) is 0 Å². The van der Waals surface area contributed by atoms with E-state index in [2.05, 4.69) is 10.3 Å². The second kappa shape index (κ2) is 5.14. The van der Waals surface area contributed by atoms with Gasteiger partial charge in [0.2, 0.25) is 0 Å². The summed E-state index contributed by atoms with van der Waals surface area (Å²) >= 11 is 5.97. The van der Waals surface area contributed by atoms with Crippen LogP contribution < -0.4 is 11.1 Å². The smallest absolute Gasteiger partial charge is 0.139 e. The van der Waals surface area contributed by atoms with E-state index in [9.17, 15) is 5.11 Å². The van der Waals surface area contributed by atoms with Crippen molar-refractivity contribution < 1.29 is 5.11 Å². The van der Waals surface area contributed by atoms with Crippen molar-refractivity contribution in [3.63, 3.8) is 0 Å². The molecule has 1 aromatic heterocycles. The summed E-state index contributed by atoms with van der Waals surface area (Å²) < 4.78 is 0. The van der Waals surface area contributed by atoms with Gasteiger partial charge in [-0.15, -0.1) is 0 Å². The molecule has 0 aliphatic carbocycles. The number of rotatable bonds is 2. The predicted octanol–water partition coefficient (Wildman–Crippen LogP) is 4.23. The molecule has 5 heteroatoms. The molecule has 2 aromatic carbocycles. The summed E-state index contributed by atoms with van der Waals surface area (Å²) in [7, 11) is 0. The molecule has 1 heterocycles. The minimum absolute atomic E-state index is 0.111. The van der Waals surface area contributed by atoms with Crippen LogP contribution in [0, 0.1) is 6.92 Å². The number of phenolic OH excluding ortho intramolecular Hbond substituents is 1. The first-order valence-electron chi connectivity index (χ1n) is 6.45. The van der Waals surface area contributed by atoms with Gasteiger partial charge in [0.25, 0.3) is 0 Å². The number of nitrogens with one attached hydrogen (secondary N) is 1. The first-order chi connectivity index (χ1) is 10.1. The van der Waals surface area contributed by atoms with E-state index >= 15 is 0 Å². The van der Waals surface area contributed by atoms with Crippen LogP contribution in [0.1, 0.15) is 5.56 Å². The van der Waals surface area contributed by atoms with E-state index in [1.807, 2.05) is 25.1 Å². The lowest BCUT2D eigenvalue weighted by atomic mass is 10.1. The van der Waals surface area contributed by atoms with Gasteiger partial charge in [-0.05, 0) is 42.8 Å². The fourth-order valence-electron chi connectivity index (χ4n) is 2.32. The Bertz CT molecular complexity index is 833. The standard InChI is InChI=1S/C16H14ClN3O/c1-9-2-4-12(18)11-6-7-19-16(15(9)11)20-13-8-10(17)3-5-14(13)21/h2-8,21H,18H2,1H3,(H,19,20). The van der Waals surface area contributed by atoms with E-state index in [0.29, 0.717) is 22.2 Å². The van der Waals surface area contributed by atoms with Gasteiger partial charge >= 0.3 is 0 Å². The van der Waals surface area contributed by atoms with E-state index in [1.165, 1.54) is 6.07 Å². The highest BCUT2D eigenvalue weighted by Gasteiger charge is 2.10. The number of nitrogen functional groups attached to an aromatic ring is 1. The molecule has 0 aliphatic rings. The molecule has 0 fully saturated rings. The zero-order valence-corrected chi connectivity index (χ0v) is 12.1. The van der Waals surface area contributed by atoms with Gasteiger partial charge in [-0.3, -0.25) is 0 Å². The number of fused-ring (bicyclic) bond motifs is 1. The van der Waals surface area contributed by atoms with Crippen molar-refractivity contribution in [1.29, 1.82) is 0 Å². The van der Waals surface area contributed by atoms with Crippen LogP contribution in [0.2, 0.25) is 5.02 Å². The van der Waals surface area contributed by atoms with Crippen molar-refractivity contribution in [3.05, 3.63) is 53.2 Å². The van der Waals surface area contributed by atoms with Crippen LogP contribution >= 0.6 is 11.6 Å². The molecular formula is C16H14ClN3O. The van der Waals surface area contributed by atoms with Crippen molar-refractivity contribution in [2.24, 2.45) is 0 Å². The maximum atomic E-state index is 9.92. The fraction of sp³-hybridized carbons (Fsp3) is 0.0625. The van der Waals surface area contributed by atoms with Crippen molar-refractivity contribution in [2.75, 3.05) is 11.1 Å². The van der Waals surface area contributed by atoms with Gasteiger partial charge in [0.05, 0.1) is 5.69 Å². The Kier molecular flexibility index (Phi) is 3.31. The molecule has 4 N–H and O–H groups in total. The Hall–Kier alpha value is -2.46. The van der Waals surface area contributed by atoms with Gasteiger partial charge in [-0.1, -0.05) is 17.7 Å². The van der Waals surface area contributed by atoms with Gasteiger partial charge in [-0.2, -0.15) is 0 Å². The van der Waals surface area contributed by atoms with E-state index in [-0.39, 0.29) is 5.75 Å². The largest absolute Gasteiger partial charge is 0.506 e. The molecule has 4 nitrogen and oxygen atoms in total. The number of aromatic hydroxyl groups is 1. The van der Waals surface area contributed by atoms with Crippen molar-refractivity contribution in [2.45, 2.75) is 6.92 Å².